The largest absolute Gasteiger partial charge is 0.350 e. The number of sulfone groups is 1. The van der Waals surface area contributed by atoms with Crippen LogP contribution >= 0.6 is 0 Å². The number of nitrogens with two attached hydrogens (primary N) is 1. The summed E-state index contributed by atoms with van der Waals surface area (Å²) >= 11 is 0. The molecule has 164 valence electrons. The predicted molar refractivity (Wildman–Crippen MR) is 112 cm³/mol. The molecule has 9 nitrogen and oxygen atoms in total. The van der Waals surface area contributed by atoms with Gasteiger partial charge in [0.15, 0.2) is 9.84 Å². The summed E-state index contributed by atoms with van der Waals surface area (Å²) in [6.07, 6.45) is 1.01. The number of hydrogen-bond donors (Lipinski definition) is 2. The first-order valence-corrected chi connectivity index (χ1v) is 13.0. The molecule has 0 aliphatic carbocycles. The van der Waals surface area contributed by atoms with Crippen molar-refractivity contribution in [2.24, 2.45) is 5.14 Å². The van der Waals surface area contributed by atoms with E-state index in [9.17, 15) is 21.6 Å². The lowest BCUT2D eigenvalue weighted by molar-refractivity contribution is 0.0948. The second kappa shape index (κ2) is 8.48. The van der Waals surface area contributed by atoms with E-state index in [2.05, 4.69) is 10.4 Å². The van der Waals surface area contributed by atoms with Crippen LogP contribution in [-0.2, 0) is 26.3 Å². The minimum Gasteiger partial charge on any atom is -0.350 e. The van der Waals surface area contributed by atoms with Gasteiger partial charge in [-0.05, 0) is 42.5 Å². The molecule has 0 unspecified atom stereocenters. The zero-order valence-electron chi connectivity index (χ0n) is 16.9. The van der Waals surface area contributed by atoms with Crippen LogP contribution in [0.1, 0.15) is 54.0 Å². The van der Waals surface area contributed by atoms with E-state index >= 15 is 0 Å². The lowest BCUT2D eigenvalue weighted by atomic mass is 10.1. The Labute approximate surface area is 176 Å². The molecule has 3 N–H and O–H groups in total. The molecule has 1 atom stereocenters. The number of carbonyl (C=O) groups is 1. The molecule has 1 aromatic heterocycles. The summed E-state index contributed by atoms with van der Waals surface area (Å²) in [7, 11) is -6.79. The van der Waals surface area contributed by atoms with E-state index in [-0.39, 0.29) is 40.0 Å². The molecule has 1 saturated heterocycles. The summed E-state index contributed by atoms with van der Waals surface area (Å²) in [5, 5.41) is 12.3. The van der Waals surface area contributed by atoms with Gasteiger partial charge in [0.25, 0.3) is 5.91 Å². The summed E-state index contributed by atoms with van der Waals surface area (Å²) in [5.74, 6) is -0.0532. The fraction of sp³-hybridized carbons (Fsp3) is 0.474. The molecule has 3 rings (SSSR count). The van der Waals surface area contributed by atoms with Crippen molar-refractivity contribution in [3.63, 3.8) is 0 Å². The van der Waals surface area contributed by atoms with Gasteiger partial charge in [0.05, 0.1) is 22.4 Å². The first-order chi connectivity index (χ1) is 14.0. The van der Waals surface area contributed by atoms with E-state index in [4.69, 9.17) is 5.14 Å². The van der Waals surface area contributed by atoms with Crippen molar-refractivity contribution in [3.05, 3.63) is 47.3 Å². The second-order valence-electron chi connectivity index (χ2n) is 7.81. The summed E-state index contributed by atoms with van der Waals surface area (Å²) in [5.41, 5.74) is 1.95. The maximum atomic E-state index is 12.5. The van der Waals surface area contributed by atoms with Crippen LogP contribution in [0, 0.1) is 0 Å². The van der Waals surface area contributed by atoms with Crippen molar-refractivity contribution >= 4 is 25.8 Å². The lowest BCUT2D eigenvalue weighted by Gasteiger charge is -2.15. The molecule has 1 aliphatic rings. The highest BCUT2D eigenvalue weighted by atomic mass is 32.2. The second-order valence-corrected chi connectivity index (χ2v) is 11.6. The Balaban J connectivity index is 1.65. The number of aromatic nitrogens is 2. The van der Waals surface area contributed by atoms with Gasteiger partial charge in [-0.25, -0.2) is 22.0 Å². The number of amides is 1. The van der Waals surface area contributed by atoms with Gasteiger partial charge in [0, 0.05) is 12.2 Å². The van der Waals surface area contributed by atoms with Crippen molar-refractivity contribution < 1.29 is 21.6 Å². The molecule has 11 heteroatoms. The number of rotatable bonds is 7. The maximum absolute atomic E-state index is 12.5. The van der Waals surface area contributed by atoms with Crippen LogP contribution in [0.15, 0.2) is 35.2 Å². The van der Waals surface area contributed by atoms with Crippen molar-refractivity contribution in [1.29, 1.82) is 0 Å². The van der Waals surface area contributed by atoms with Gasteiger partial charge in [0.1, 0.15) is 5.69 Å². The molecule has 30 heavy (non-hydrogen) atoms. The van der Waals surface area contributed by atoms with Crippen LogP contribution < -0.4 is 10.5 Å². The predicted octanol–water partition coefficient (Wildman–Crippen LogP) is 0.986. The summed E-state index contributed by atoms with van der Waals surface area (Å²) in [6, 6.07) is 7.63. The molecule has 2 aromatic rings. The normalized spacial score (nSPS) is 18.6. The van der Waals surface area contributed by atoms with Gasteiger partial charge >= 0.3 is 0 Å². The summed E-state index contributed by atoms with van der Waals surface area (Å²) in [6.45, 7) is 4.29. The van der Waals surface area contributed by atoms with Gasteiger partial charge in [-0.1, -0.05) is 26.0 Å². The Morgan fingerprint density at radius 1 is 1.30 bits per heavy atom. The molecule has 2 heterocycles. The Morgan fingerprint density at radius 3 is 2.50 bits per heavy atom. The third kappa shape index (κ3) is 5.27. The number of carbonyl (C=O) groups excluding carboxylic acids is 1. The Kier molecular flexibility index (Phi) is 6.34. The lowest BCUT2D eigenvalue weighted by Crippen LogP contribution is -2.26. The molecule has 1 fully saturated rings. The van der Waals surface area contributed by atoms with E-state index in [0.717, 1.165) is 11.3 Å². The zero-order chi connectivity index (χ0) is 22.1. The van der Waals surface area contributed by atoms with E-state index in [0.29, 0.717) is 19.4 Å². The molecule has 1 amide bonds. The average Bonchev–Trinajstić information content (AvgIpc) is 3.25. The Bertz CT molecular complexity index is 1140. The number of sulfonamides is 1. The SMILES string of the molecule is CC(C)c1cc(C(=O)NCCc2ccc(S(N)(=O)=O)cc2)nn1[C@H]1CCS(=O)(=O)C1. The highest BCUT2D eigenvalue weighted by Gasteiger charge is 2.32. The standard InChI is InChI=1S/C19H26N4O5S2/c1-13(2)18-11-17(22-23(18)15-8-10-29(25,26)12-15)19(24)21-9-7-14-3-5-16(6-4-14)30(20,27)28/h3-6,11,13,15H,7-10,12H2,1-2H3,(H,21,24)(H2,20,27,28)/t15-/m0/s1. The number of primary sulfonamides is 1. The molecule has 0 bridgehead atoms. The van der Waals surface area contributed by atoms with Crippen LogP contribution in [0.4, 0.5) is 0 Å². The molecule has 0 radical (unpaired) electrons. The maximum Gasteiger partial charge on any atom is 0.271 e. The highest BCUT2D eigenvalue weighted by molar-refractivity contribution is 7.91. The third-order valence-electron chi connectivity index (χ3n) is 5.09. The molecular weight excluding hydrogens is 428 g/mol. The van der Waals surface area contributed by atoms with Crippen molar-refractivity contribution in [2.75, 3.05) is 18.1 Å². The number of benzene rings is 1. The molecule has 1 aromatic carbocycles. The molecule has 0 saturated carbocycles. The van der Waals surface area contributed by atoms with E-state index in [1.54, 1.807) is 22.9 Å². The highest BCUT2D eigenvalue weighted by Crippen LogP contribution is 2.28. The Hall–Kier alpha value is -2.24. The minimum absolute atomic E-state index is 0.0379. The minimum atomic E-state index is -3.73. The fourth-order valence-electron chi connectivity index (χ4n) is 3.47. The summed E-state index contributed by atoms with van der Waals surface area (Å²) < 4.78 is 47.9. The van der Waals surface area contributed by atoms with Crippen LogP contribution in [0.5, 0.6) is 0 Å². The third-order valence-corrected chi connectivity index (χ3v) is 7.77. The Morgan fingerprint density at radius 2 is 1.97 bits per heavy atom. The van der Waals surface area contributed by atoms with Crippen molar-refractivity contribution in [3.8, 4) is 0 Å². The van der Waals surface area contributed by atoms with Gasteiger partial charge in [-0.15, -0.1) is 0 Å². The van der Waals surface area contributed by atoms with Crippen LogP contribution in [0.25, 0.3) is 0 Å². The van der Waals surface area contributed by atoms with Crippen molar-refractivity contribution in [2.45, 2.75) is 43.5 Å². The van der Waals surface area contributed by atoms with Crippen LogP contribution in [-0.4, -0.2) is 50.6 Å². The van der Waals surface area contributed by atoms with Gasteiger partial charge in [-0.2, -0.15) is 5.10 Å². The van der Waals surface area contributed by atoms with E-state index in [1.807, 2.05) is 13.8 Å². The van der Waals surface area contributed by atoms with E-state index < -0.39 is 19.9 Å². The summed E-state index contributed by atoms with van der Waals surface area (Å²) in [4.78, 5) is 12.6. The van der Waals surface area contributed by atoms with Crippen molar-refractivity contribution in [1.82, 2.24) is 15.1 Å². The number of hydrogen-bond acceptors (Lipinski definition) is 6. The topological polar surface area (TPSA) is 141 Å². The molecular formula is C19H26N4O5S2. The van der Waals surface area contributed by atoms with Gasteiger partial charge in [0.2, 0.25) is 10.0 Å². The number of nitrogens with zero attached hydrogens (tertiary/aromatic N) is 2. The average molecular weight is 455 g/mol. The number of nitrogens with one attached hydrogen (secondary N) is 1. The molecule has 1 aliphatic heterocycles. The zero-order valence-corrected chi connectivity index (χ0v) is 18.5. The van der Waals surface area contributed by atoms with Crippen LogP contribution in [0.2, 0.25) is 0 Å². The molecule has 0 spiro atoms. The van der Waals surface area contributed by atoms with E-state index in [1.165, 1.54) is 12.1 Å². The van der Waals surface area contributed by atoms with Gasteiger partial charge < -0.3 is 5.32 Å². The van der Waals surface area contributed by atoms with Gasteiger partial charge in [-0.3, -0.25) is 9.48 Å². The fourth-order valence-corrected chi connectivity index (χ4v) is 5.68. The first-order valence-electron chi connectivity index (χ1n) is 9.66. The van der Waals surface area contributed by atoms with Crippen LogP contribution in [0.3, 0.4) is 0 Å². The smallest absolute Gasteiger partial charge is 0.271 e. The first kappa shape index (κ1) is 22.4. The quantitative estimate of drug-likeness (QED) is 0.639. The monoisotopic (exact) mass is 454 g/mol.